The number of rotatable bonds is 3. The van der Waals surface area contributed by atoms with Gasteiger partial charge in [0.2, 0.25) is 10.0 Å². The fraction of sp³-hybridized carbons (Fsp3) is 0.133. The highest BCUT2D eigenvalue weighted by Gasteiger charge is 2.21. The lowest BCUT2D eigenvalue weighted by molar-refractivity contribution is 0.579. The van der Waals surface area contributed by atoms with Crippen LogP contribution < -0.4 is 5.56 Å². The van der Waals surface area contributed by atoms with Crippen LogP contribution in [0.3, 0.4) is 0 Å². The molecule has 0 spiro atoms. The van der Waals surface area contributed by atoms with Crippen LogP contribution >= 0.6 is 11.6 Å². The van der Waals surface area contributed by atoms with Crippen molar-refractivity contribution in [1.29, 1.82) is 0 Å². The fourth-order valence-corrected chi connectivity index (χ4v) is 3.69. The van der Waals surface area contributed by atoms with E-state index in [1.165, 1.54) is 0 Å². The highest BCUT2D eigenvalue weighted by molar-refractivity contribution is 7.89. The molecule has 0 atom stereocenters. The number of para-hydroxylation sites is 2. The van der Waals surface area contributed by atoms with E-state index >= 15 is 0 Å². The number of benzene rings is 2. The van der Waals surface area contributed by atoms with E-state index in [9.17, 15) is 13.2 Å². The molecule has 0 saturated carbocycles. The van der Waals surface area contributed by atoms with E-state index in [-0.39, 0.29) is 5.88 Å². The first-order valence-corrected chi connectivity index (χ1v) is 8.91. The lowest BCUT2D eigenvalue weighted by Gasteiger charge is -2.13. The Bertz CT molecular complexity index is 1020. The zero-order valence-electron chi connectivity index (χ0n) is 11.7. The minimum Gasteiger partial charge on any atom is -0.267 e. The molecular weight excluding hydrogens is 324 g/mol. The van der Waals surface area contributed by atoms with Crippen molar-refractivity contribution >= 4 is 32.5 Å². The molecule has 0 aliphatic rings. The summed E-state index contributed by atoms with van der Waals surface area (Å²) in [6.07, 6.45) is 1.07. The third-order valence-electron chi connectivity index (χ3n) is 3.39. The van der Waals surface area contributed by atoms with Crippen LogP contribution in [0.15, 0.2) is 53.3 Å². The predicted molar refractivity (Wildman–Crippen MR) is 87.3 cm³/mol. The smallest absolute Gasteiger partial charge is 0.267 e. The van der Waals surface area contributed by atoms with Crippen LogP contribution in [-0.4, -0.2) is 23.4 Å². The van der Waals surface area contributed by atoms with E-state index in [2.05, 4.69) is 0 Å². The highest BCUT2D eigenvalue weighted by atomic mass is 35.5. The van der Waals surface area contributed by atoms with Crippen molar-refractivity contribution < 1.29 is 8.42 Å². The molecular formula is C15H13ClN2O3S. The van der Waals surface area contributed by atoms with Crippen molar-refractivity contribution in [2.45, 2.75) is 5.88 Å². The molecule has 0 aliphatic heterocycles. The third kappa shape index (κ3) is 2.24. The molecule has 0 unspecified atom stereocenters. The lowest BCUT2D eigenvalue weighted by Crippen LogP contribution is -2.26. The Kier molecular flexibility index (Phi) is 3.58. The first-order valence-electron chi connectivity index (χ1n) is 6.52. The average Bonchev–Trinajstić information content (AvgIpc) is 2.80. The van der Waals surface area contributed by atoms with Gasteiger partial charge >= 0.3 is 0 Å². The molecule has 0 fully saturated rings. The molecule has 0 amide bonds. The fourth-order valence-electron chi connectivity index (χ4n) is 2.49. The van der Waals surface area contributed by atoms with E-state index in [0.717, 1.165) is 15.0 Å². The molecule has 0 saturated heterocycles. The van der Waals surface area contributed by atoms with Gasteiger partial charge in [0, 0.05) is 5.88 Å². The summed E-state index contributed by atoms with van der Waals surface area (Å²) in [5, 5.41) is 0.345. The highest BCUT2D eigenvalue weighted by Crippen LogP contribution is 2.20. The van der Waals surface area contributed by atoms with Crippen molar-refractivity contribution in [3.8, 4) is 5.69 Å². The Balaban J connectivity index is 2.55. The number of halogens is 1. The number of hydrogen-bond acceptors (Lipinski definition) is 3. The summed E-state index contributed by atoms with van der Waals surface area (Å²) in [5.74, 6) is 0.175. The normalized spacial score (nSPS) is 11.9. The maximum atomic E-state index is 12.7. The van der Waals surface area contributed by atoms with Crippen LogP contribution in [0.5, 0.6) is 0 Å². The number of nitrogens with zero attached hydrogens (tertiary/aromatic N) is 2. The van der Waals surface area contributed by atoms with Gasteiger partial charge in [-0.15, -0.1) is 11.6 Å². The summed E-state index contributed by atoms with van der Waals surface area (Å²) in [4.78, 5) is 12.7. The van der Waals surface area contributed by atoms with Crippen LogP contribution in [0.1, 0.15) is 5.56 Å². The van der Waals surface area contributed by atoms with Gasteiger partial charge in [0.25, 0.3) is 5.56 Å². The minimum absolute atomic E-state index is 0.175. The third-order valence-corrected chi connectivity index (χ3v) is 4.67. The quantitative estimate of drug-likeness (QED) is 0.690. The van der Waals surface area contributed by atoms with Crippen LogP contribution in [0.4, 0.5) is 0 Å². The molecule has 5 nitrogen and oxygen atoms in total. The van der Waals surface area contributed by atoms with Crippen molar-refractivity contribution in [2.24, 2.45) is 0 Å². The summed E-state index contributed by atoms with van der Waals surface area (Å²) >= 11 is 5.93. The summed E-state index contributed by atoms with van der Waals surface area (Å²) in [6, 6.07) is 13.6. The average molecular weight is 337 g/mol. The number of hydrogen-bond donors (Lipinski definition) is 0. The maximum absolute atomic E-state index is 12.7. The van der Waals surface area contributed by atoms with E-state index < -0.39 is 15.6 Å². The Hall–Kier alpha value is -2.05. The molecule has 22 heavy (non-hydrogen) atoms. The van der Waals surface area contributed by atoms with E-state index in [0.29, 0.717) is 22.2 Å². The molecule has 3 aromatic rings. The zero-order chi connectivity index (χ0) is 15.9. The van der Waals surface area contributed by atoms with Gasteiger partial charge < -0.3 is 0 Å². The largest absolute Gasteiger partial charge is 0.280 e. The van der Waals surface area contributed by atoms with Gasteiger partial charge in [-0.05, 0) is 23.8 Å². The minimum atomic E-state index is -3.68. The van der Waals surface area contributed by atoms with E-state index in [1.807, 2.05) is 0 Å². The Morgan fingerprint density at radius 1 is 1.05 bits per heavy atom. The monoisotopic (exact) mass is 336 g/mol. The molecule has 0 N–H and O–H groups in total. The number of fused-ring (bicyclic) bond motifs is 1. The van der Waals surface area contributed by atoms with Gasteiger partial charge in [-0.25, -0.2) is 13.1 Å². The van der Waals surface area contributed by atoms with Crippen LogP contribution in [0.2, 0.25) is 0 Å². The lowest BCUT2D eigenvalue weighted by atomic mass is 10.2. The SMILES string of the molecule is CS(=O)(=O)n1c2ccccc2c(=O)n1-c1ccccc1CCl. The Morgan fingerprint density at radius 2 is 1.68 bits per heavy atom. The number of alkyl halides is 1. The summed E-state index contributed by atoms with van der Waals surface area (Å²) in [6.45, 7) is 0. The molecule has 2 aromatic carbocycles. The van der Waals surface area contributed by atoms with Crippen LogP contribution in [-0.2, 0) is 15.9 Å². The molecule has 0 aliphatic carbocycles. The molecule has 0 radical (unpaired) electrons. The summed E-state index contributed by atoms with van der Waals surface area (Å²) in [7, 11) is -3.68. The second-order valence-corrected chi connectivity index (χ2v) is 6.98. The second kappa shape index (κ2) is 5.30. The molecule has 3 rings (SSSR count). The molecule has 1 heterocycles. The van der Waals surface area contributed by atoms with Crippen LogP contribution in [0.25, 0.3) is 16.6 Å². The van der Waals surface area contributed by atoms with Gasteiger partial charge in [-0.3, -0.25) is 4.79 Å². The van der Waals surface area contributed by atoms with Crippen molar-refractivity contribution in [3.63, 3.8) is 0 Å². The molecule has 7 heteroatoms. The summed E-state index contributed by atoms with van der Waals surface area (Å²) in [5.41, 5.74) is 1.10. The van der Waals surface area contributed by atoms with Crippen molar-refractivity contribution in [1.82, 2.24) is 8.77 Å². The summed E-state index contributed by atoms with van der Waals surface area (Å²) < 4.78 is 26.6. The van der Waals surface area contributed by atoms with Crippen LogP contribution in [0, 0.1) is 0 Å². The Morgan fingerprint density at radius 3 is 2.36 bits per heavy atom. The van der Waals surface area contributed by atoms with E-state index in [4.69, 9.17) is 11.6 Å². The first kappa shape index (κ1) is 14.9. The topological polar surface area (TPSA) is 61.1 Å². The molecule has 1 aromatic heterocycles. The Labute approximate surface area is 132 Å². The molecule has 114 valence electrons. The first-order chi connectivity index (χ1) is 10.4. The predicted octanol–water partition coefficient (Wildman–Crippen LogP) is 2.34. The van der Waals surface area contributed by atoms with Gasteiger partial charge in [0.05, 0.1) is 22.8 Å². The maximum Gasteiger partial charge on any atom is 0.280 e. The van der Waals surface area contributed by atoms with Gasteiger partial charge in [0.1, 0.15) is 0 Å². The standard InChI is InChI=1S/C15H13ClN2O3S/c1-22(20,21)18-14-9-5-3-7-12(14)15(19)17(18)13-8-4-2-6-11(13)10-16/h2-9H,10H2,1H3. The van der Waals surface area contributed by atoms with Gasteiger partial charge in [0.15, 0.2) is 0 Å². The van der Waals surface area contributed by atoms with Gasteiger partial charge in [-0.2, -0.15) is 4.09 Å². The van der Waals surface area contributed by atoms with Crippen molar-refractivity contribution in [2.75, 3.05) is 6.26 Å². The second-order valence-electron chi connectivity index (χ2n) is 4.90. The van der Waals surface area contributed by atoms with Crippen molar-refractivity contribution in [3.05, 3.63) is 64.4 Å². The molecule has 0 bridgehead atoms. The number of aromatic nitrogens is 2. The van der Waals surface area contributed by atoms with Gasteiger partial charge in [-0.1, -0.05) is 30.3 Å². The zero-order valence-corrected chi connectivity index (χ0v) is 13.3. The van der Waals surface area contributed by atoms with E-state index in [1.54, 1.807) is 48.5 Å².